The molecule has 2 aromatic rings. The van der Waals surface area contributed by atoms with Crippen molar-refractivity contribution in [2.45, 2.75) is 31.8 Å². The second-order valence-corrected chi connectivity index (χ2v) is 5.87. The highest BCUT2D eigenvalue weighted by atomic mass is 15.2. The lowest BCUT2D eigenvalue weighted by atomic mass is 9.90. The van der Waals surface area contributed by atoms with E-state index in [4.69, 9.17) is 5.73 Å². The molecule has 2 unspecified atom stereocenters. The molecule has 1 heterocycles. The van der Waals surface area contributed by atoms with Crippen LogP contribution < -0.4 is 5.73 Å². The van der Waals surface area contributed by atoms with Crippen LogP contribution in [-0.2, 0) is 0 Å². The van der Waals surface area contributed by atoms with Gasteiger partial charge in [-0.25, -0.2) is 0 Å². The summed E-state index contributed by atoms with van der Waals surface area (Å²) in [6, 6.07) is 20.1. The van der Waals surface area contributed by atoms with Gasteiger partial charge in [0.05, 0.1) is 0 Å². The highest BCUT2D eigenvalue weighted by molar-refractivity contribution is 5.63. The third-order valence-corrected chi connectivity index (χ3v) is 4.55. The molecular formula is C19H24N2. The van der Waals surface area contributed by atoms with Crippen LogP contribution in [0, 0.1) is 0 Å². The number of nitrogens with zero attached hydrogens (tertiary/aromatic N) is 1. The Labute approximate surface area is 127 Å². The van der Waals surface area contributed by atoms with E-state index in [1.165, 1.54) is 23.1 Å². The van der Waals surface area contributed by atoms with Crippen molar-refractivity contribution in [3.05, 3.63) is 60.2 Å². The maximum absolute atomic E-state index is 6.38. The fourth-order valence-corrected chi connectivity index (χ4v) is 3.41. The van der Waals surface area contributed by atoms with Crippen LogP contribution in [0.1, 0.15) is 31.4 Å². The van der Waals surface area contributed by atoms with Gasteiger partial charge in [-0.3, -0.25) is 4.90 Å². The quantitative estimate of drug-likeness (QED) is 0.925. The highest BCUT2D eigenvalue weighted by Gasteiger charge is 2.29. The monoisotopic (exact) mass is 280 g/mol. The van der Waals surface area contributed by atoms with E-state index in [0.717, 1.165) is 19.5 Å². The third-order valence-electron chi connectivity index (χ3n) is 4.55. The normalized spacial score (nSPS) is 23.1. The van der Waals surface area contributed by atoms with Crippen molar-refractivity contribution in [2.75, 3.05) is 13.1 Å². The van der Waals surface area contributed by atoms with Crippen LogP contribution in [-0.4, -0.2) is 24.0 Å². The van der Waals surface area contributed by atoms with Crippen molar-refractivity contribution in [3.63, 3.8) is 0 Å². The smallest absolute Gasteiger partial charge is 0.0499 e. The summed E-state index contributed by atoms with van der Waals surface area (Å²) in [6.07, 6.45) is 2.34. The highest BCUT2D eigenvalue weighted by Crippen LogP contribution is 2.31. The summed E-state index contributed by atoms with van der Waals surface area (Å²) in [6.45, 7) is 4.46. The molecule has 0 saturated carbocycles. The van der Waals surface area contributed by atoms with Gasteiger partial charge in [-0.15, -0.1) is 0 Å². The van der Waals surface area contributed by atoms with E-state index in [9.17, 15) is 0 Å². The van der Waals surface area contributed by atoms with Crippen LogP contribution in [0.25, 0.3) is 11.1 Å². The van der Waals surface area contributed by atoms with Gasteiger partial charge in [0.15, 0.2) is 0 Å². The number of rotatable bonds is 3. The molecule has 1 aliphatic heterocycles. The molecule has 2 nitrogen and oxygen atoms in total. The van der Waals surface area contributed by atoms with Crippen LogP contribution in [0.5, 0.6) is 0 Å². The van der Waals surface area contributed by atoms with Crippen LogP contribution in [0.4, 0.5) is 0 Å². The Kier molecular flexibility index (Phi) is 4.37. The van der Waals surface area contributed by atoms with Crippen molar-refractivity contribution in [1.82, 2.24) is 4.90 Å². The minimum atomic E-state index is 0.251. The Hall–Kier alpha value is -1.64. The number of likely N-dealkylation sites (N-methyl/N-ethyl adjacent to an activating group) is 1. The predicted octanol–water partition coefficient (Wildman–Crippen LogP) is 3.84. The maximum atomic E-state index is 6.38. The summed E-state index contributed by atoms with van der Waals surface area (Å²) in [5.74, 6) is 0. The van der Waals surface area contributed by atoms with Gasteiger partial charge in [-0.1, -0.05) is 61.5 Å². The first kappa shape index (κ1) is 14.3. The molecule has 0 bridgehead atoms. The van der Waals surface area contributed by atoms with Crippen molar-refractivity contribution < 1.29 is 0 Å². The number of likely N-dealkylation sites (tertiary alicyclic amines) is 1. The molecule has 110 valence electrons. The molecule has 2 aromatic carbocycles. The summed E-state index contributed by atoms with van der Waals surface area (Å²) in [4.78, 5) is 2.51. The Bertz CT molecular complexity index is 562. The lowest BCUT2D eigenvalue weighted by Gasteiger charge is -2.39. The van der Waals surface area contributed by atoms with E-state index in [1.54, 1.807) is 0 Å². The summed E-state index contributed by atoms with van der Waals surface area (Å²) >= 11 is 0. The molecule has 1 saturated heterocycles. The van der Waals surface area contributed by atoms with Crippen LogP contribution >= 0.6 is 0 Å². The number of nitrogens with two attached hydrogens (primary N) is 1. The fourth-order valence-electron chi connectivity index (χ4n) is 3.41. The van der Waals surface area contributed by atoms with Crippen molar-refractivity contribution >= 4 is 0 Å². The molecule has 2 atom stereocenters. The third kappa shape index (κ3) is 3.02. The second kappa shape index (κ2) is 6.42. The van der Waals surface area contributed by atoms with Crippen LogP contribution in [0.2, 0.25) is 0 Å². The molecule has 0 spiro atoms. The lowest BCUT2D eigenvalue weighted by Crippen LogP contribution is -2.45. The van der Waals surface area contributed by atoms with E-state index >= 15 is 0 Å². The van der Waals surface area contributed by atoms with Gasteiger partial charge >= 0.3 is 0 Å². The molecule has 2 N–H and O–H groups in total. The SMILES string of the molecule is CCN1CCCC(N)C1c1ccc(-c2ccccc2)cc1. The first-order chi connectivity index (χ1) is 10.3. The van der Waals surface area contributed by atoms with Gasteiger partial charge in [0.25, 0.3) is 0 Å². The minimum absolute atomic E-state index is 0.251. The number of benzene rings is 2. The van der Waals surface area contributed by atoms with E-state index in [2.05, 4.69) is 66.4 Å². The molecular weight excluding hydrogens is 256 g/mol. The molecule has 3 rings (SSSR count). The van der Waals surface area contributed by atoms with Gasteiger partial charge < -0.3 is 5.73 Å². The summed E-state index contributed by atoms with van der Waals surface area (Å²) in [7, 11) is 0. The average Bonchev–Trinajstić information content (AvgIpc) is 2.55. The Morgan fingerprint density at radius 1 is 1.00 bits per heavy atom. The second-order valence-electron chi connectivity index (χ2n) is 5.87. The first-order valence-electron chi connectivity index (χ1n) is 7.94. The molecule has 1 fully saturated rings. The molecule has 0 radical (unpaired) electrons. The molecule has 0 amide bonds. The van der Waals surface area contributed by atoms with Gasteiger partial charge in [0.1, 0.15) is 0 Å². The van der Waals surface area contributed by atoms with E-state index < -0.39 is 0 Å². The molecule has 0 aliphatic carbocycles. The van der Waals surface area contributed by atoms with Gasteiger partial charge in [-0.05, 0) is 42.6 Å². The van der Waals surface area contributed by atoms with E-state index in [0.29, 0.717) is 6.04 Å². The van der Waals surface area contributed by atoms with E-state index in [1.807, 2.05) is 0 Å². The summed E-state index contributed by atoms with van der Waals surface area (Å²) < 4.78 is 0. The zero-order chi connectivity index (χ0) is 14.7. The van der Waals surface area contributed by atoms with Gasteiger partial charge in [0.2, 0.25) is 0 Å². The largest absolute Gasteiger partial charge is 0.326 e. The van der Waals surface area contributed by atoms with Crippen molar-refractivity contribution in [1.29, 1.82) is 0 Å². The predicted molar refractivity (Wildman–Crippen MR) is 89.1 cm³/mol. The zero-order valence-corrected chi connectivity index (χ0v) is 12.7. The van der Waals surface area contributed by atoms with Crippen molar-refractivity contribution in [2.24, 2.45) is 5.73 Å². The maximum Gasteiger partial charge on any atom is 0.0499 e. The molecule has 1 aliphatic rings. The number of piperidine rings is 1. The van der Waals surface area contributed by atoms with Crippen LogP contribution in [0.15, 0.2) is 54.6 Å². The van der Waals surface area contributed by atoms with Crippen LogP contribution in [0.3, 0.4) is 0 Å². The summed E-state index contributed by atoms with van der Waals surface area (Å²) in [5.41, 5.74) is 10.3. The molecule has 21 heavy (non-hydrogen) atoms. The topological polar surface area (TPSA) is 29.3 Å². The molecule has 2 heteroatoms. The summed E-state index contributed by atoms with van der Waals surface area (Å²) in [5, 5.41) is 0. The van der Waals surface area contributed by atoms with Crippen molar-refractivity contribution in [3.8, 4) is 11.1 Å². The van der Waals surface area contributed by atoms with E-state index in [-0.39, 0.29) is 6.04 Å². The first-order valence-corrected chi connectivity index (χ1v) is 7.94. The number of hydrogen-bond acceptors (Lipinski definition) is 2. The molecule has 0 aromatic heterocycles. The minimum Gasteiger partial charge on any atom is -0.326 e. The standard InChI is InChI=1S/C19H24N2/c1-2-21-14-6-9-18(20)19(21)17-12-10-16(11-13-17)15-7-4-3-5-8-15/h3-5,7-8,10-13,18-19H,2,6,9,14,20H2,1H3. The van der Waals surface area contributed by atoms with Gasteiger partial charge in [-0.2, -0.15) is 0 Å². The lowest BCUT2D eigenvalue weighted by molar-refractivity contribution is 0.136. The number of hydrogen-bond donors (Lipinski definition) is 1. The fraction of sp³-hybridized carbons (Fsp3) is 0.368. The average molecular weight is 280 g/mol. The Morgan fingerprint density at radius 2 is 1.67 bits per heavy atom. The zero-order valence-electron chi connectivity index (χ0n) is 12.7. The van der Waals surface area contributed by atoms with Gasteiger partial charge in [0, 0.05) is 12.1 Å². The Balaban J connectivity index is 1.86. The Morgan fingerprint density at radius 3 is 2.33 bits per heavy atom.